The molecule has 1 aromatic carbocycles. The Bertz CT molecular complexity index is 411. The zero-order valence-corrected chi connectivity index (χ0v) is 8.55. The lowest BCUT2D eigenvalue weighted by atomic mass is 10.2. The molecule has 0 fully saturated rings. The van der Waals surface area contributed by atoms with Crippen LogP contribution in [0.2, 0.25) is 0 Å². The Morgan fingerprint density at radius 2 is 1.73 bits per heavy atom. The molecule has 0 saturated heterocycles. The van der Waals surface area contributed by atoms with Gasteiger partial charge in [-0.3, -0.25) is 0 Å². The minimum atomic E-state index is 0.682. The number of benzene rings is 1. The van der Waals surface area contributed by atoms with Gasteiger partial charge in [-0.2, -0.15) is 0 Å². The van der Waals surface area contributed by atoms with Gasteiger partial charge in [-0.25, -0.2) is 9.97 Å². The molecule has 0 saturated carbocycles. The first kappa shape index (κ1) is 9.65. The van der Waals surface area contributed by atoms with E-state index in [0.717, 1.165) is 17.1 Å². The number of nitrogens with zero attached hydrogens (tertiary/aromatic N) is 2. The maximum Gasteiger partial charge on any atom is 0.159 e. The van der Waals surface area contributed by atoms with E-state index in [2.05, 4.69) is 9.97 Å². The summed E-state index contributed by atoms with van der Waals surface area (Å²) in [5.41, 5.74) is 0.999. The Balaban J connectivity index is 2.24. The van der Waals surface area contributed by atoms with Gasteiger partial charge < -0.3 is 4.74 Å². The van der Waals surface area contributed by atoms with Gasteiger partial charge in [0.15, 0.2) is 5.82 Å². The van der Waals surface area contributed by atoms with E-state index in [0.29, 0.717) is 6.61 Å². The van der Waals surface area contributed by atoms with Crippen molar-refractivity contribution < 1.29 is 4.74 Å². The van der Waals surface area contributed by atoms with Crippen LogP contribution in [0.1, 0.15) is 6.92 Å². The highest BCUT2D eigenvalue weighted by atomic mass is 16.5. The summed E-state index contributed by atoms with van der Waals surface area (Å²) in [7, 11) is 0. The summed E-state index contributed by atoms with van der Waals surface area (Å²) in [6.07, 6.45) is 3.47. The summed E-state index contributed by atoms with van der Waals surface area (Å²) in [5, 5.41) is 0. The third kappa shape index (κ3) is 2.31. The Hall–Kier alpha value is -1.90. The smallest absolute Gasteiger partial charge is 0.159 e. The van der Waals surface area contributed by atoms with Gasteiger partial charge in [0.05, 0.1) is 6.61 Å². The Labute approximate surface area is 88.8 Å². The predicted octanol–water partition coefficient (Wildman–Crippen LogP) is 2.54. The van der Waals surface area contributed by atoms with Crippen molar-refractivity contribution in [2.75, 3.05) is 6.61 Å². The van der Waals surface area contributed by atoms with E-state index in [9.17, 15) is 0 Å². The van der Waals surface area contributed by atoms with Gasteiger partial charge >= 0.3 is 0 Å². The molecule has 0 unspecified atom stereocenters. The fourth-order valence-electron chi connectivity index (χ4n) is 1.32. The van der Waals surface area contributed by atoms with Gasteiger partial charge in [0, 0.05) is 18.0 Å². The lowest BCUT2D eigenvalue weighted by Gasteiger charge is -2.03. The van der Waals surface area contributed by atoms with Crippen LogP contribution in [0.4, 0.5) is 0 Å². The number of aromatic nitrogens is 2. The van der Waals surface area contributed by atoms with E-state index in [4.69, 9.17) is 4.74 Å². The van der Waals surface area contributed by atoms with E-state index < -0.39 is 0 Å². The van der Waals surface area contributed by atoms with Gasteiger partial charge in [-0.1, -0.05) is 0 Å². The maximum absolute atomic E-state index is 5.36. The lowest BCUT2D eigenvalue weighted by molar-refractivity contribution is 0.340. The molecule has 1 aromatic heterocycles. The largest absolute Gasteiger partial charge is 0.494 e. The standard InChI is InChI=1S/C12H12N2O/c1-2-15-11-6-4-10(5-7-11)12-13-8-3-9-14-12/h3-9H,2H2,1H3. The van der Waals surface area contributed by atoms with Crippen molar-refractivity contribution in [3.05, 3.63) is 42.7 Å². The van der Waals surface area contributed by atoms with Gasteiger partial charge in [-0.05, 0) is 37.3 Å². The third-order valence-electron chi connectivity index (χ3n) is 1.99. The number of rotatable bonds is 3. The highest BCUT2D eigenvalue weighted by Gasteiger charge is 1.99. The van der Waals surface area contributed by atoms with Gasteiger partial charge in [0.25, 0.3) is 0 Å². The second kappa shape index (κ2) is 4.55. The normalized spacial score (nSPS) is 9.93. The van der Waals surface area contributed by atoms with Crippen LogP contribution in [0.5, 0.6) is 5.75 Å². The molecule has 76 valence electrons. The molecule has 0 aliphatic carbocycles. The lowest BCUT2D eigenvalue weighted by Crippen LogP contribution is -1.91. The first-order valence-electron chi connectivity index (χ1n) is 4.90. The van der Waals surface area contributed by atoms with Crippen LogP contribution in [0.3, 0.4) is 0 Å². The third-order valence-corrected chi connectivity index (χ3v) is 1.99. The molecule has 0 aliphatic heterocycles. The number of ether oxygens (including phenoxy) is 1. The summed E-state index contributed by atoms with van der Waals surface area (Å²) in [6, 6.07) is 9.57. The fraction of sp³-hybridized carbons (Fsp3) is 0.167. The van der Waals surface area contributed by atoms with Crippen molar-refractivity contribution in [1.29, 1.82) is 0 Å². The van der Waals surface area contributed by atoms with Crippen LogP contribution in [-0.4, -0.2) is 16.6 Å². The van der Waals surface area contributed by atoms with Crippen LogP contribution in [-0.2, 0) is 0 Å². The van der Waals surface area contributed by atoms with Crippen molar-refractivity contribution in [1.82, 2.24) is 9.97 Å². The molecule has 0 atom stereocenters. The molecule has 0 amide bonds. The van der Waals surface area contributed by atoms with E-state index in [1.165, 1.54) is 0 Å². The minimum absolute atomic E-state index is 0.682. The van der Waals surface area contributed by atoms with Crippen LogP contribution in [0.15, 0.2) is 42.7 Å². The van der Waals surface area contributed by atoms with E-state index in [1.807, 2.05) is 31.2 Å². The molecule has 0 radical (unpaired) electrons. The molecule has 0 bridgehead atoms. The fourth-order valence-corrected chi connectivity index (χ4v) is 1.32. The minimum Gasteiger partial charge on any atom is -0.494 e. The Morgan fingerprint density at radius 3 is 2.33 bits per heavy atom. The molecule has 3 nitrogen and oxygen atoms in total. The summed E-state index contributed by atoms with van der Waals surface area (Å²) in [6.45, 7) is 2.65. The molecular weight excluding hydrogens is 188 g/mol. The monoisotopic (exact) mass is 200 g/mol. The first-order valence-corrected chi connectivity index (χ1v) is 4.90. The molecule has 0 aliphatic rings. The van der Waals surface area contributed by atoms with Crippen LogP contribution >= 0.6 is 0 Å². The van der Waals surface area contributed by atoms with Crippen LogP contribution in [0.25, 0.3) is 11.4 Å². The van der Waals surface area contributed by atoms with Gasteiger partial charge in [0.1, 0.15) is 5.75 Å². The second-order valence-corrected chi connectivity index (χ2v) is 3.03. The molecule has 0 spiro atoms. The average molecular weight is 200 g/mol. The van der Waals surface area contributed by atoms with Crippen molar-refractivity contribution in [2.45, 2.75) is 6.92 Å². The summed E-state index contributed by atoms with van der Waals surface area (Å²) < 4.78 is 5.36. The van der Waals surface area contributed by atoms with Crippen LogP contribution < -0.4 is 4.74 Å². The average Bonchev–Trinajstić information content (AvgIpc) is 2.32. The number of hydrogen-bond acceptors (Lipinski definition) is 3. The van der Waals surface area contributed by atoms with Crippen molar-refractivity contribution >= 4 is 0 Å². The van der Waals surface area contributed by atoms with Gasteiger partial charge in [0.2, 0.25) is 0 Å². The van der Waals surface area contributed by atoms with Crippen molar-refractivity contribution in [3.8, 4) is 17.1 Å². The molecule has 2 rings (SSSR count). The highest BCUT2D eigenvalue weighted by Crippen LogP contribution is 2.18. The molecule has 3 heteroatoms. The molecule has 0 N–H and O–H groups in total. The summed E-state index contributed by atoms with van der Waals surface area (Å²) >= 11 is 0. The van der Waals surface area contributed by atoms with E-state index in [-0.39, 0.29) is 0 Å². The predicted molar refractivity (Wildman–Crippen MR) is 58.6 cm³/mol. The van der Waals surface area contributed by atoms with E-state index >= 15 is 0 Å². The molecule has 2 aromatic rings. The zero-order chi connectivity index (χ0) is 10.5. The van der Waals surface area contributed by atoms with Gasteiger partial charge in [-0.15, -0.1) is 0 Å². The van der Waals surface area contributed by atoms with Crippen molar-refractivity contribution in [2.24, 2.45) is 0 Å². The molecule has 15 heavy (non-hydrogen) atoms. The van der Waals surface area contributed by atoms with E-state index in [1.54, 1.807) is 18.5 Å². The summed E-state index contributed by atoms with van der Waals surface area (Å²) in [5.74, 6) is 1.61. The van der Waals surface area contributed by atoms with Crippen molar-refractivity contribution in [3.63, 3.8) is 0 Å². The second-order valence-electron chi connectivity index (χ2n) is 3.03. The first-order chi connectivity index (χ1) is 7.40. The Kier molecular flexibility index (Phi) is 2.93. The SMILES string of the molecule is CCOc1ccc(-c2ncccn2)cc1. The number of hydrogen-bond donors (Lipinski definition) is 0. The Morgan fingerprint density at radius 1 is 1.07 bits per heavy atom. The molecular formula is C12H12N2O. The molecule has 1 heterocycles. The topological polar surface area (TPSA) is 35.0 Å². The maximum atomic E-state index is 5.36. The highest BCUT2D eigenvalue weighted by molar-refractivity contribution is 5.55. The quantitative estimate of drug-likeness (QED) is 0.763. The summed E-state index contributed by atoms with van der Waals surface area (Å²) in [4.78, 5) is 8.35. The van der Waals surface area contributed by atoms with Crippen LogP contribution in [0, 0.1) is 0 Å². The zero-order valence-electron chi connectivity index (χ0n) is 8.55.